The third-order valence-corrected chi connectivity index (χ3v) is 2.67. The van der Waals surface area contributed by atoms with Crippen molar-refractivity contribution in [3.8, 4) is 0 Å². The molecule has 0 saturated carbocycles. The van der Waals surface area contributed by atoms with Crippen LogP contribution in [0.5, 0.6) is 0 Å². The number of carbonyl (C=O) groups is 2. The van der Waals surface area contributed by atoms with Gasteiger partial charge >= 0.3 is 17.6 Å². The molecule has 0 aliphatic carbocycles. The van der Waals surface area contributed by atoms with Gasteiger partial charge in [0.05, 0.1) is 12.7 Å². The largest absolute Gasteiger partial charge is 0.477 e. The Labute approximate surface area is 112 Å². The Kier molecular flexibility index (Phi) is 3.65. The first kappa shape index (κ1) is 13.5. The quantitative estimate of drug-likeness (QED) is 0.518. The number of aromatic carboxylic acids is 1. The van der Waals surface area contributed by atoms with E-state index in [1.165, 1.54) is 6.07 Å². The van der Waals surface area contributed by atoms with E-state index in [2.05, 4.69) is 11.3 Å². The highest BCUT2D eigenvalue weighted by Crippen LogP contribution is 2.21. The maximum atomic E-state index is 11.7. The molecule has 1 aromatic carbocycles. The van der Waals surface area contributed by atoms with E-state index in [0.717, 1.165) is 6.26 Å². The number of benzene rings is 1. The molecule has 0 amide bonds. The van der Waals surface area contributed by atoms with Gasteiger partial charge in [0.2, 0.25) is 0 Å². The van der Waals surface area contributed by atoms with Crippen LogP contribution in [-0.2, 0) is 16.0 Å². The van der Waals surface area contributed by atoms with Crippen molar-refractivity contribution in [3.63, 3.8) is 0 Å². The first-order valence-electron chi connectivity index (χ1n) is 5.63. The number of esters is 1. The number of ether oxygens (including phenoxy) is 1. The second kappa shape index (κ2) is 5.40. The summed E-state index contributed by atoms with van der Waals surface area (Å²) in [5.74, 6) is -2.16. The van der Waals surface area contributed by atoms with Crippen LogP contribution in [0, 0.1) is 0 Å². The number of hydrogen-bond donors (Lipinski definition) is 1. The zero-order valence-corrected chi connectivity index (χ0v) is 10.3. The van der Waals surface area contributed by atoms with E-state index in [1.807, 2.05) is 0 Å². The first-order chi connectivity index (χ1) is 9.54. The molecule has 0 unspecified atom stereocenters. The Morgan fingerprint density at radius 2 is 2.05 bits per heavy atom. The molecule has 0 bridgehead atoms. The molecule has 2 aromatic rings. The third kappa shape index (κ3) is 2.44. The molecule has 0 aliphatic rings. The lowest BCUT2D eigenvalue weighted by molar-refractivity contribution is -0.137. The number of para-hydroxylation sites is 1. The number of carboxylic acid groups (broad SMARTS) is 1. The Morgan fingerprint density at radius 1 is 1.35 bits per heavy atom. The van der Waals surface area contributed by atoms with Crippen molar-refractivity contribution in [2.24, 2.45) is 0 Å². The fourth-order valence-corrected chi connectivity index (χ4v) is 1.89. The number of carboxylic acids is 1. The summed E-state index contributed by atoms with van der Waals surface area (Å²) in [6, 6.07) is 6.37. The molecule has 0 aliphatic heterocycles. The molecule has 6 heteroatoms. The molecule has 102 valence electrons. The highest BCUT2D eigenvalue weighted by Gasteiger charge is 2.22. The van der Waals surface area contributed by atoms with E-state index in [4.69, 9.17) is 9.52 Å². The maximum Gasteiger partial charge on any atom is 0.351 e. The van der Waals surface area contributed by atoms with Crippen molar-refractivity contribution in [2.45, 2.75) is 6.42 Å². The van der Waals surface area contributed by atoms with Crippen LogP contribution >= 0.6 is 0 Å². The Bertz CT molecular complexity index is 756. The van der Waals surface area contributed by atoms with Crippen molar-refractivity contribution >= 4 is 22.9 Å². The minimum absolute atomic E-state index is 0.0659. The Balaban J connectivity index is 2.72. The van der Waals surface area contributed by atoms with Gasteiger partial charge in [-0.05, 0) is 11.6 Å². The van der Waals surface area contributed by atoms with Crippen LogP contribution in [0.15, 0.2) is 46.3 Å². The van der Waals surface area contributed by atoms with Gasteiger partial charge in [0.15, 0.2) is 0 Å². The molecule has 0 spiro atoms. The molecular weight excluding hydrogens is 264 g/mol. The second-order valence-electron chi connectivity index (χ2n) is 3.88. The molecule has 0 saturated heterocycles. The van der Waals surface area contributed by atoms with E-state index in [-0.39, 0.29) is 17.6 Å². The van der Waals surface area contributed by atoms with Crippen LogP contribution in [0.25, 0.3) is 11.0 Å². The van der Waals surface area contributed by atoms with Crippen molar-refractivity contribution < 1.29 is 23.8 Å². The normalized spacial score (nSPS) is 10.2. The van der Waals surface area contributed by atoms with E-state index < -0.39 is 23.1 Å². The highest BCUT2D eigenvalue weighted by molar-refractivity contribution is 5.97. The fraction of sp³-hybridized carbons (Fsp3) is 0.0714. The van der Waals surface area contributed by atoms with Gasteiger partial charge in [0.25, 0.3) is 0 Å². The first-order valence-corrected chi connectivity index (χ1v) is 5.63. The van der Waals surface area contributed by atoms with Gasteiger partial charge in [-0.3, -0.25) is 4.79 Å². The summed E-state index contributed by atoms with van der Waals surface area (Å²) in [6.45, 7) is 3.24. The van der Waals surface area contributed by atoms with Gasteiger partial charge in [-0.2, -0.15) is 0 Å². The molecule has 1 N–H and O–H groups in total. The lowest BCUT2D eigenvalue weighted by atomic mass is 10.0. The van der Waals surface area contributed by atoms with Crippen LogP contribution in [-0.4, -0.2) is 17.0 Å². The molecule has 6 nitrogen and oxygen atoms in total. The average molecular weight is 274 g/mol. The number of fused-ring (bicyclic) bond motifs is 1. The molecule has 1 aromatic heterocycles. The summed E-state index contributed by atoms with van der Waals surface area (Å²) in [5, 5.41) is 9.50. The van der Waals surface area contributed by atoms with Crippen LogP contribution in [0.2, 0.25) is 0 Å². The molecule has 1 heterocycles. The molecule has 20 heavy (non-hydrogen) atoms. The van der Waals surface area contributed by atoms with Gasteiger partial charge in [0.1, 0.15) is 11.1 Å². The van der Waals surface area contributed by atoms with E-state index >= 15 is 0 Å². The molecule has 0 atom stereocenters. The zero-order chi connectivity index (χ0) is 14.7. The minimum Gasteiger partial charge on any atom is -0.477 e. The van der Waals surface area contributed by atoms with E-state index in [9.17, 15) is 14.4 Å². The number of carbonyl (C=O) groups excluding carboxylic acids is 1. The second-order valence-corrected chi connectivity index (χ2v) is 3.88. The van der Waals surface area contributed by atoms with Crippen molar-refractivity contribution in [1.29, 1.82) is 0 Å². The number of hydrogen-bond acceptors (Lipinski definition) is 5. The molecular formula is C14H10O6. The smallest absolute Gasteiger partial charge is 0.351 e. The summed E-state index contributed by atoms with van der Waals surface area (Å²) in [5.41, 5.74) is -1.29. The predicted octanol–water partition coefficient (Wildman–Crippen LogP) is 1.72. The van der Waals surface area contributed by atoms with Crippen molar-refractivity contribution in [2.75, 3.05) is 0 Å². The van der Waals surface area contributed by atoms with Gasteiger partial charge in [-0.25, -0.2) is 9.59 Å². The summed E-state index contributed by atoms with van der Waals surface area (Å²) >= 11 is 0. The van der Waals surface area contributed by atoms with Gasteiger partial charge < -0.3 is 14.3 Å². The maximum absolute atomic E-state index is 11.7. The zero-order valence-electron chi connectivity index (χ0n) is 10.3. The Hall–Kier alpha value is -2.89. The summed E-state index contributed by atoms with van der Waals surface area (Å²) < 4.78 is 9.50. The number of rotatable bonds is 4. The molecule has 2 rings (SSSR count). The lowest BCUT2D eigenvalue weighted by Crippen LogP contribution is -2.19. The average Bonchev–Trinajstić information content (AvgIpc) is 2.38. The summed E-state index contributed by atoms with van der Waals surface area (Å²) in [7, 11) is 0. The van der Waals surface area contributed by atoms with Crippen LogP contribution in [0.3, 0.4) is 0 Å². The predicted molar refractivity (Wildman–Crippen MR) is 69.4 cm³/mol. The lowest BCUT2D eigenvalue weighted by Gasteiger charge is -2.07. The van der Waals surface area contributed by atoms with Crippen molar-refractivity contribution in [3.05, 3.63) is 58.7 Å². The third-order valence-electron chi connectivity index (χ3n) is 2.67. The van der Waals surface area contributed by atoms with Gasteiger partial charge in [0, 0.05) is 5.39 Å². The summed E-state index contributed by atoms with van der Waals surface area (Å²) in [6.07, 6.45) is 0.580. The van der Waals surface area contributed by atoms with Crippen LogP contribution in [0.4, 0.5) is 0 Å². The molecule has 0 radical (unpaired) electrons. The topological polar surface area (TPSA) is 93.8 Å². The van der Waals surface area contributed by atoms with Gasteiger partial charge in [-0.1, -0.05) is 24.8 Å². The molecule has 0 fully saturated rings. The SMILES string of the molecule is C=COC(=O)Cc1c(C(=O)O)c(=O)oc2ccccc12. The van der Waals surface area contributed by atoms with E-state index in [1.54, 1.807) is 18.2 Å². The van der Waals surface area contributed by atoms with Crippen molar-refractivity contribution in [1.82, 2.24) is 0 Å². The summed E-state index contributed by atoms with van der Waals surface area (Å²) in [4.78, 5) is 34.4. The minimum atomic E-state index is -1.45. The van der Waals surface area contributed by atoms with E-state index in [0.29, 0.717) is 5.39 Å². The standard InChI is InChI=1S/C14H10O6/c1-2-19-11(15)7-9-8-5-3-4-6-10(8)20-14(18)12(9)13(16)17/h2-6H,1,7H2,(H,16,17). The van der Waals surface area contributed by atoms with Crippen LogP contribution in [0.1, 0.15) is 15.9 Å². The Morgan fingerprint density at radius 3 is 2.70 bits per heavy atom. The monoisotopic (exact) mass is 274 g/mol. The fourth-order valence-electron chi connectivity index (χ4n) is 1.89. The van der Waals surface area contributed by atoms with Crippen LogP contribution < -0.4 is 5.63 Å². The highest BCUT2D eigenvalue weighted by atomic mass is 16.5. The van der Waals surface area contributed by atoms with Gasteiger partial charge in [-0.15, -0.1) is 0 Å².